The first-order valence-corrected chi connectivity index (χ1v) is 22.2. The van der Waals surface area contributed by atoms with Gasteiger partial charge in [0.1, 0.15) is 11.2 Å². The van der Waals surface area contributed by atoms with E-state index in [0.717, 1.165) is 72.1 Å². The van der Waals surface area contributed by atoms with E-state index in [1.54, 1.807) is 0 Å². The van der Waals surface area contributed by atoms with Crippen molar-refractivity contribution in [1.29, 1.82) is 0 Å². The fraction of sp³-hybridized carbons (Fsp3) is 0. The summed E-state index contributed by atoms with van der Waals surface area (Å²) in [6.07, 6.45) is 0. The topological polar surface area (TPSA) is 61.7 Å². The van der Waals surface area contributed by atoms with E-state index in [4.69, 9.17) is 19.4 Å². The zero-order valence-corrected chi connectivity index (χ0v) is 34.9. The van der Waals surface area contributed by atoms with Gasteiger partial charge in [0, 0.05) is 80.6 Å². The van der Waals surface area contributed by atoms with Gasteiger partial charge in [0.2, 0.25) is 0 Å². The molecule has 0 aliphatic rings. The number of nitrogens with zero attached hydrogens (tertiary/aromatic N) is 5. The molecule has 0 spiro atoms. The molecule has 0 fully saturated rings. The monoisotopic (exact) mass is 835 g/mol. The number of fused-ring (bicyclic) bond motifs is 13. The van der Waals surface area contributed by atoms with Crippen LogP contribution in [0.5, 0.6) is 0 Å². The van der Waals surface area contributed by atoms with E-state index in [1.807, 2.05) is 11.3 Å². The third kappa shape index (κ3) is 5.22. The smallest absolute Gasteiger partial charge is 0.164 e. The molecule has 298 valence electrons. The fourth-order valence-electron chi connectivity index (χ4n) is 9.91. The summed E-state index contributed by atoms with van der Waals surface area (Å²) in [6, 6.07) is 70.7. The molecule has 5 heterocycles. The predicted molar refractivity (Wildman–Crippen MR) is 265 cm³/mol. The van der Waals surface area contributed by atoms with Crippen LogP contribution in [-0.4, -0.2) is 24.1 Å². The Morgan fingerprint density at radius 2 is 0.797 bits per heavy atom. The second kappa shape index (κ2) is 13.6. The minimum Gasteiger partial charge on any atom is -0.456 e. The molecule has 0 saturated carbocycles. The first-order chi connectivity index (χ1) is 31.7. The number of aromatic nitrogens is 5. The Morgan fingerprint density at radius 1 is 0.328 bits per heavy atom. The molecule has 0 amide bonds. The largest absolute Gasteiger partial charge is 0.456 e. The minimum absolute atomic E-state index is 0.589. The second-order valence-corrected chi connectivity index (χ2v) is 17.5. The lowest BCUT2D eigenvalue weighted by atomic mass is 10.0. The molecule has 14 rings (SSSR count). The molecule has 0 aliphatic heterocycles. The molecular weight excluding hydrogens is 803 g/mol. The molecule has 0 atom stereocenters. The summed E-state index contributed by atoms with van der Waals surface area (Å²) in [5.41, 5.74) is 11.0. The van der Waals surface area contributed by atoms with Gasteiger partial charge in [-0.25, -0.2) is 15.0 Å². The highest BCUT2D eigenvalue weighted by Gasteiger charge is 2.21. The van der Waals surface area contributed by atoms with E-state index in [-0.39, 0.29) is 0 Å². The van der Waals surface area contributed by atoms with Gasteiger partial charge in [0.25, 0.3) is 0 Å². The molecule has 0 radical (unpaired) electrons. The summed E-state index contributed by atoms with van der Waals surface area (Å²) in [7, 11) is 0. The number of hydrogen-bond acceptors (Lipinski definition) is 5. The molecule has 14 aromatic rings. The van der Waals surface area contributed by atoms with Crippen LogP contribution in [0.25, 0.3) is 131 Å². The van der Waals surface area contributed by atoms with Crippen molar-refractivity contribution in [1.82, 2.24) is 24.1 Å². The lowest BCUT2D eigenvalue weighted by molar-refractivity contribution is 0.669. The Bertz CT molecular complexity index is 4020. The Kier molecular flexibility index (Phi) is 7.46. The molecule has 9 aromatic carbocycles. The molecule has 5 aromatic heterocycles. The SMILES string of the molecule is c1ccc(-n2c3ccccc3c3ccc(-c4nc(-c5ccc6oc7ccc8sc9ccccc9c8c7c6c5)nc(-c5ccc6c7ccccc7n(-c7ccccc7)c6c5)n4)cc32)cc1. The number of thiophene rings is 1. The van der Waals surface area contributed by atoms with Crippen molar-refractivity contribution in [2.75, 3.05) is 0 Å². The first kappa shape index (κ1) is 35.2. The van der Waals surface area contributed by atoms with Crippen molar-refractivity contribution in [3.63, 3.8) is 0 Å². The van der Waals surface area contributed by atoms with Crippen molar-refractivity contribution in [3.05, 3.63) is 200 Å². The zero-order chi connectivity index (χ0) is 41.9. The van der Waals surface area contributed by atoms with Crippen LogP contribution in [0, 0.1) is 0 Å². The fourth-order valence-corrected chi connectivity index (χ4v) is 11.0. The molecule has 64 heavy (non-hydrogen) atoms. The van der Waals surface area contributed by atoms with Crippen LogP contribution in [0.4, 0.5) is 0 Å². The maximum absolute atomic E-state index is 6.53. The zero-order valence-electron chi connectivity index (χ0n) is 34.1. The molecule has 0 saturated heterocycles. The lowest BCUT2D eigenvalue weighted by Crippen LogP contribution is -2.01. The number of hydrogen-bond donors (Lipinski definition) is 0. The molecule has 0 unspecified atom stereocenters. The average Bonchev–Trinajstić information content (AvgIpc) is 4.11. The van der Waals surface area contributed by atoms with Gasteiger partial charge < -0.3 is 13.6 Å². The Labute approximate surface area is 369 Å². The Balaban J connectivity index is 1.02. The molecule has 6 nitrogen and oxygen atoms in total. The summed E-state index contributed by atoms with van der Waals surface area (Å²) in [5.74, 6) is 1.78. The number of furan rings is 1. The molecule has 0 bridgehead atoms. The van der Waals surface area contributed by atoms with Crippen LogP contribution in [0.2, 0.25) is 0 Å². The predicted octanol–water partition coefficient (Wildman–Crippen LogP) is 15.3. The van der Waals surface area contributed by atoms with E-state index >= 15 is 0 Å². The third-order valence-electron chi connectivity index (χ3n) is 12.8. The van der Waals surface area contributed by atoms with Crippen LogP contribution in [0.15, 0.2) is 205 Å². The highest BCUT2D eigenvalue weighted by Crippen LogP contribution is 2.44. The van der Waals surface area contributed by atoms with Crippen molar-refractivity contribution in [2.24, 2.45) is 0 Å². The average molecular weight is 836 g/mol. The quantitative estimate of drug-likeness (QED) is 0.173. The van der Waals surface area contributed by atoms with Crippen LogP contribution in [0.3, 0.4) is 0 Å². The van der Waals surface area contributed by atoms with Gasteiger partial charge in [0.15, 0.2) is 17.5 Å². The van der Waals surface area contributed by atoms with Gasteiger partial charge in [-0.1, -0.05) is 115 Å². The molecule has 0 N–H and O–H groups in total. The van der Waals surface area contributed by atoms with Gasteiger partial charge in [-0.2, -0.15) is 0 Å². The molecular formula is C57H33N5OS. The van der Waals surface area contributed by atoms with Crippen molar-refractivity contribution in [2.45, 2.75) is 0 Å². The lowest BCUT2D eigenvalue weighted by Gasteiger charge is -2.11. The molecule has 0 aliphatic carbocycles. The van der Waals surface area contributed by atoms with E-state index in [1.165, 1.54) is 41.7 Å². The van der Waals surface area contributed by atoms with Crippen molar-refractivity contribution in [3.8, 4) is 45.5 Å². The summed E-state index contributed by atoms with van der Waals surface area (Å²) in [5, 5.41) is 9.32. The van der Waals surface area contributed by atoms with Crippen LogP contribution in [0.1, 0.15) is 0 Å². The highest BCUT2D eigenvalue weighted by molar-refractivity contribution is 7.26. The number of para-hydroxylation sites is 4. The summed E-state index contributed by atoms with van der Waals surface area (Å²) < 4.78 is 13.7. The van der Waals surface area contributed by atoms with E-state index in [0.29, 0.717) is 17.5 Å². The summed E-state index contributed by atoms with van der Waals surface area (Å²) in [6.45, 7) is 0. The van der Waals surface area contributed by atoms with Crippen LogP contribution in [-0.2, 0) is 0 Å². The van der Waals surface area contributed by atoms with Gasteiger partial charge in [-0.05, 0) is 84.9 Å². The Hall–Kier alpha value is -8.39. The molecule has 7 heteroatoms. The second-order valence-electron chi connectivity index (χ2n) is 16.4. The van der Waals surface area contributed by atoms with Crippen LogP contribution >= 0.6 is 11.3 Å². The Morgan fingerprint density at radius 3 is 1.39 bits per heavy atom. The number of rotatable bonds is 5. The minimum atomic E-state index is 0.589. The normalized spacial score (nSPS) is 12.1. The van der Waals surface area contributed by atoms with Gasteiger partial charge in [0.05, 0.1) is 22.1 Å². The maximum atomic E-state index is 6.53. The maximum Gasteiger partial charge on any atom is 0.164 e. The van der Waals surface area contributed by atoms with Gasteiger partial charge >= 0.3 is 0 Å². The van der Waals surface area contributed by atoms with E-state index in [2.05, 4.69) is 209 Å². The van der Waals surface area contributed by atoms with Crippen molar-refractivity contribution >= 4 is 97.1 Å². The number of benzene rings is 9. The summed E-state index contributed by atoms with van der Waals surface area (Å²) in [4.78, 5) is 16.0. The van der Waals surface area contributed by atoms with Gasteiger partial charge in [-0.15, -0.1) is 11.3 Å². The highest BCUT2D eigenvalue weighted by atomic mass is 32.1. The summed E-state index contributed by atoms with van der Waals surface area (Å²) >= 11 is 1.81. The van der Waals surface area contributed by atoms with E-state index < -0.39 is 0 Å². The standard InChI is InChI=1S/C57H33N5OS/c1-3-13-37(14-4-1)61-45-20-10-7-17-39(45)41-26-23-35(32-47(41)61)56-58-55(34-25-28-49-44(31-34)53-50(63-49)29-30-52-54(53)43-19-9-12-22-51(43)64-52)59-57(60-56)36-24-27-42-40-18-8-11-21-46(40)62(48(42)33-36)38-15-5-2-6-16-38/h1-33H. The van der Waals surface area contributed by atoms with Crippen molar-refractivity contribution < 1.29 is 4.42 Å². The first-order valence-electron chi connectivity index (χ1n) is 21.4. The van der Waals surface area contributed by atoms with Crippen LogP contribution < -0.4 is 0 Å². The third-order valence-corrected chi connectivity index (χ3v) is 13.9. The van der Waals surface area contributed by atoms with E-state index in [9.17, 15) is 0 Å². The van der Waals surface area contributed by atoms with Gasteiger partial charge in [-0.3, -0.25) is 0 Å².